The molecule has 0 fully saturated rings. The van der Waals surface area contributed by atoms with E-state index in [1.807, 2.05) is 0 Å². The lowest BCUT2D eigenvalue weighted by molar-refractivity contribution is 0.995. The summed E-state index contributed by atoms with van der Waals surface area (Å²) in [6.07, 6.45) is 0. The predicted octanol–water partition coefficient (Wildman–Crippen LogP) is 13.3. The summed E-state index contributed by atoms with van der Waals surface area (Å²) in [4.78, 5) is 10.9. The van der Waals surface area contributed by atoms with Crippen LogP contribution in [-0.4, -0.2) is 19.1 Å². The summed E-state index contributed by atoms with van der Waals surface area (Å²) in [7, 11) is 0. The molecule has 0 aliphatic heterocycles. The molecule has 0 N–H and O–H groups in total. The molecule has 0 unspecified atom stereocenters. The molecule has 0 amide bonds. The van der Waals surface area contributed by atoms with E-state index in [-0.39, 0.29) is 0 Å². The van der Waals surface area contributed by atoms with Crippen molar-refractivity contribution in [1.82, 2.24) is 19.1 Å². The van der Waals surface area contributed by atoms with Gasteiger partial charge in [0, 0.05) is 38.4 Å². The van der Waals surface area contributed by atoms with Crippen molar-refractivity contribution in [3.05, 3.63) is 206 Å². The standard InChI is InChI=1S/C52H34N4/c1-4-15-35(16-5-1)37-27-29-38(30-28-37)46-34-47(40-20-14-19-39(33-40)36-17-6-2-7-18-36)54-52(53-46)56-49-26-13-11-24-43(49)45-32-31-44-42-23-10-12-25-48(42)55(50(44)51(45)56)41-21-8-3-9-22-41/h1-34H. The molecule has 0 atom stereocenters. The maximum absolute atomic E-state index is 5.48. The molecule has 0 aliphatic rings. The lowest BCUT2D eigenvalue weighted by atomic mass is 10.00. The summed E-state index contributed by atoms with van der Waals surface area (Å²) in [6.45, 7) is 0. The molecule has 0 spiro atoms. The number of nitrogens with zero attached hydrogens (tertiary/aromatic N) is 4. The van der Waals surface area contributed by atoms with Crippen molar-refractivity contribution in [3.63, 3.8) is 0 Å². The first-order valence-corrected chi connectivity index (χ1v) is 19.0. The Bertz CT molecular complexity index is 3220. The first-order valence-electron chi connectivity index (χ1n) is 19.0. The van der Waals surface area contributed by atoms with Crippen molar-refractivity contribution >= 4 is 43.6 Å². The summed E-state index contributed by atoms with van der Waals surface area (Å²) in [5, 5.41) is 4.70. The number of benzene rings is 8. The molecular weight excluding hydrogens is 681 g/mol. The third-order valence-corrected chi connectivity index (χ3v) is 11.0. The zero-order chi connectivity index (χ0) is 37.0. The van der Waals surface area contributed by atoms with Gasteiger partial charge in [-0.1, -0.05) is 170 Å². The van der Waals surface area contributed by atoms with Gasteiger partial charge in [0.05, 0.1) is 33.5 Å². The Morgan fingerprint density at radius 3 is 1.38 bits per heavy atom. The molecule has 56 heavy (non-hydrogen) atoms. The van der Waals surface area contributed by atoms with E-state index in [0.717, 1.165) is 72.2 Å². The summed E-state index contributed by atoms with van der Waals surface area (Å²) in [6, 6.07) is 73.1. The van der Waals surface area contributed by atoms with Gasteiger partial charge in [-0.05, 0) is 58.7 Å². The zero-order valence-electron chi connectivity index (χ0n) is 30.4. The van der Waals surface area contributed by atoms with E-state index in [9.17, 15) is 0 Å². The third-order valence-electron chi connectivity index (χ3n) is 11.0. The molecule has 4 heteroatoms. The van der Waals surface area contributed by atoms with E-state index in [0.29, 0.717) is 5.95 Å². The minimum absolute atomic E-state index is 0.623. The van der Waals surface area contributed by atoms with Crippen molar-refractivity contribution in [2.45, 2.75) is 0 Å². The number of hydrogen-bond acceptors (Lipinski definition) is 2. The van der Waals surface area contributed by atoms with E-state index in [1.54, 1.807) is 0 Å². The molecule has 4 nitrogen and oxygen atoms in total. The van der Waals surface area contributed by atoms with E-state index in [2.05, 4.69) is 215 Å². The first-order chi connectivity index (χ1) is 27.8. The van der Waals surface area contributed by atoms with Gasteiger partial charge in [0.1, 0.15) is 0 Å². The molecule has 0 bridgehead atoms. The van der Waals surface area contributed by atoms with E-state index in [4.69, 9.17) is 9.97 Å². The minimum Gasteiger partial charge on any atom is -0.307 e. The molecule has 8 aromatic carbocycles. The summed E-state index contributed by atoms with van der Waals surface area (Å²) < 4.78 is 4.69. The van der Waals surface area contributed by atoms with Gasteiger partial charge >= 0.3 is 0 Å². The molecule has 11 rings (SSSR count). The van der Waals surface area contributed by atoms with Crippen molar-refractivity contribution in [1.29, 1.82) is 0 Å². The lowest BCUT2D eigenvalue weighted by Crippen LogP contribution is -2.05. The molecule has 3 aromatic heterocycles. The topological polar surface area (TPSA) is 35.6 Å². The Labute approximate surface area is 324 Å². The third kappa shape index (κ3) is 5.23. The summed E-state index contributed by atoms with van der Waals surface area (Å²) in [5.74, 6) is 0.623. The van der Waals surface area contributed by atoms with Crippen LogP contribution in [0.15, 0.2) is 206 Å². The Balaban J connectivity index is 1.22. The monoisotopic (exact) mass is 714 g/mol. The number of hydrogen-bond donors (Lipinski definition) is 0. The maximum atomic E-state index is 5.48. The molecule has 11 aromatic rings. The SMILES string of the molecule is c1ccc(-c2ccc(-c3cc(-c4cccc(-c5ccccc5)c4)nc(-n4c5ccccc5c5ccc6c7ccccc7n(-c7ccccc7)c6c54)n3)cc2)cc1. The van der Waals surface area contributed by atoms with Crippen LogP contribution in [-0.2, 0) is 0 Å². The number of fused-ring (bicyclic) bond motifs is 7. The molecule has 0 saturated heterocycles. The van der Waals surface area contributed by atoms with Gasteiger partial charge in [-0.2, -0.15) is 0 Å². The molecule has 0 aliphatic carbocycles. The second kappa shape index (κ2) is 13.1. The zero-order valence-corrected chi connectivity index (χ0v) is 30.4. The van der Waals surface area contributed by atoms with Crippen molar-refractivity contribution < 1.29 is 0 Å². The minimum atomic E-state index is 0.623. The summed E-state index contributed by atoms with van der Waals surface area (Å²) >= 11 is 0. The van der Waals surface area contributed by atoms with Crippen LogP contribution in [0.25, 0.3) is 100 Å². The number of aromatic nitrogens is 4. The fourth-order valence-corrected chi connectivity index (χ4v) is 8.34. The second-order valence-electron chi connectivity index (χ2n) is 14.2. The van der Waals surface area contributed by atoms with Crippen LogP contribution < -0.4 is 0 Å². The average molecular weight is 715 g/mol. The molecule has 0 saturated carbocycles. The van der Waals surface area contributed by atoms with Crippen LogP contribution in [0.3, 0.4) is 0 Å². The highest BCUT2D eigenvalue weighted by atomic mass is 15.2. The fraction of sp³-hybridized carbons (Fsp3) is 0. The Morgan fingerprint density at radius 2 is 0.732 bits per heavy atom. The Hall–Kier alpha value is -7.56. The average Bonchev–Trinajstić information content (AvgIpc) is 3.80. The first kappa shape index (κ1) is 31.9. The highest BCUT2D eigenvalue weighted by Gasteiger charge is 2.23. The van der Waals surface area contributed by atoms with E-state index >= 15 is 0 Å². The fourth-order valence-electron chi connectivity index (χ4n) is 8.34. The largest absolute Gasteiger partial charge is 0.307 e. The normalized spacial score (nSPS) is 11.6. The molecule has 3 heterocycles. The maximum Gasteiger partial charge on any atom is 0.235 e. The van der Waals surface area contributed by atoms with Gasteiger partial charge in [-0.25, -0.2) is 9.97 Å². The van der Waals surface area contributed by atoms with Gasteiger partial charge in [0.15, 0.2) is 0 Å². The van der Waals surface area contributed by atoms with Gasteiger partial charge in [0.2, 0.25) is 5.95 Å². The second-order valence-corrected chi connectivity index (χ2v) is 14.2. The van der Waals surface area contributed by atoms with Crippen LogP contribution in [0.2, 0.25) is 0 Å². The Morgan fingerprint density at radius 1 is 0.286 bits per heavy atom. The molecule has 0 radical (unpaired) electrons. The highest BCUT2D eigenvalue weighted by molar-refractivity contribution is 6.23. The van der Waals surface area contributed by atoms with Crippen LogP contribution in [0.4, 0.5) is 0 Å². The summed E-state index contributed by atoms with van der Waals surface area (Å²) in [5.41, 5.74) is 13.9. The van der Waals surface area contributed by atoms with Crippen LogP contribution in [0.1, 0.15) is 0 Å². The van der Waals surface area contributed by atoms with E-state index in [1.165, 1.54) is 21.9 Å². The Kier molecular flexibility index (Phi) is 7.46. The van der Waals surface area contributed by atoms with E-state index < -0.39 is 0 Å². The number of rotatable bonds is 6. The quantitative estimate of drug-likeness (QED) is 0.172. The molecular formula is C52H34N4. The van der Waals surface area contributed by atoms with Crippen molar-refractivity contribution in [2.75, 3.05) is 0 Å². The number of para-hydroxylation sites is 3. The van der Waals surface area contributed by atoms with Gasteiger partial charge in [-0.3, -0.25) is 4.57 Å². The van der Waals surface area contributed by atoms with Gasteiger partial charge < -0.3 is 4.57 Å². The van der Waals surface area contributed by atoms with Gasteiger partial charge in [0.25, 0.3) is 0 Å². The van der Waals surface area contributed by atoms with Gasteiger partial charge in [-0.15, -0.1) is 0 Å². The van der Waals surface area contributed by atoms with Crippen LogP contribution >= 0.6 is 0 Å². The van der Waals surface area contributed by atoms with Crippen LogP contribution in [0.5, 0.6) is 0 Å². The van der Waals surface area contributed by atoms with Crippen molar-refractivity contribution in [3.8, 4) is 56.4 Å². The smallest absolute Gasteiger partial charge is 0.235 e. The lowest BCUT2D eigenvalue weighted by Gasteiger charge is -2.14. The molecule has 262 valence electrons. The predicted molar refractivity (Wildman–Crippen MR) is 232 cm³/mol. The van der Waals surface area contributed by atoms with Crippen LogP contribution in [0, 0.1) is 0 Å². The van der Waals surface area contributed by atoms with Crippen molar-refractivity contribution in [2.24, 2.45) is 0 Å². The highest BCUT2D eigenvalue weighted by Crippen LogP contribution is 2.42.